The van der Waals surface area contributed by atoms with Gasteiger partial charge in [-0.15, -0.1) is 0 Å². The van der Waals surface area contributed by atoms with Crippen LogP contribution < -0.4 is 9.47 Å². The molecule has 0 bridgehead atoms. The highest BCUT2D eigenvalue weighted by Gasteiger charge is 2.16. The Bertz CT molecular complexity index is 489. The van der Waals surface area contributed by atoms with Gasteiger partial charge in [-0.1, -0.05) is 6.92 Å². The summed E-state index contributed by atoms with van der Waals surface area (Å²) in [6.07, 6.45) is 2.56. The Morgan fingerprint density at radius 1 is 1.43 bits per heavy atom. The Morgan fingerprint density at radius 2 is 2.24 bits per heavy atom. The summed E-state index contributed by atoms with van der Waals surface area (Å²) in [6, 6.07) is 4.67. The first-order valence-electron chi connectivity index (χ1n) is 7.36. The highest BCUT2D eigenvalue weighted by Crippen LogP contribution is 2.28. The number of piperidine rings is 1. The van der Waals surface area contributed by atoms with Crippen LogP contribution in [0.2, 0.25) is 0 Å². The number of hydrogen-bond acceptors (Lipinski definition) is 4. The number of rotatable bonds is 6. The van der Waals surface area contributed by atoms with Gasteiger partial charge in [0.25, 0.3) is 0 Å². The molecule has 0 aromatic heterocycles. The maximum absolute atomic E-state index is 10.9. The maximum atomic E-state index is 10.9. The van der Waals surface area contributed by atoms with Crippen molar-refractivity contribution in [1.29, 1.82) is 0 Å². The third-order valence-corrected chi connectivity index (χ3v) is 3.82. The molecule has 1 saturated heterocycles. The van der Waals surface area contributed by atoms with E-state index in [1.54, 1.807) is 6.07 Å². The molecule has 1 fully saturated rings. The molecule has 1 unspecified atom stereocenters. The van der Waals surface area contributed by atoms with E-state index in [0.717, 1.165) is 25.6 Å². The number of hydrogen-bond donors (Lipinski definition) is 1. The second-order valence-electron chi connectivity index (χ2n) is 5.57. The Labute approximate surface area is 125 Å². The first-order valence-corrected chi connectivity index (χ1v) is 7.36. The molecule has 5 heteroatoms. The standard InChI is InChI=1S/C16H23NO4/c1-12-4-3-7-17(11-12)8-9-21-14-6-5-13(16(18)19)10-15(14)20-2/h5-6,10,12H,3-4,7-9,11H2,1-2H3,(H,18,19). The van der Waals surface area contributed by atoms with E-state index in [9.17, 15) is 4.79 Å². The van der Waals surface area contributed by atoms with Gasteiger partial charge in [-0.25, -0.2) is 4.79 Å². The highest BCUT2D eigenvalue weighted by atomic mass is 16.5. The molecule has 1 aromatic rings. The predicted octanol–water partition coefficient (Wildman–Crippen LogP) is 2.50. The summed E-state index contributed by atoms with van der Waals surface area (Å²) in [5.74, 6) is 0.833. The van der Waals surface area contributed by atoms with Crippen LogP contribution in [0.15, 0.2) is 18.2 Å². The molecular weight excluding hydrogens is 270 g/mol. The van der Waals surface area contributed by atoms with Crippen molar-refractivity contribution >= 4 is 5.97 Å². The molecular formula is C16H23NO4. The second-order valence-corrected chi connectivity index (χ2v) is 5.57. The van der Waals surface area contributed by atoms with Crippen LogP contribution >= 0.6 is 0 Å². The molecule has 21 heavy (non-hydrogen) atoms. The largest absolute Gasteiger partial charge is 0.493 e. The Hall–Kier alpha value is -1.75. The van der Waals surface area contributed by atoms with Gasteiger partial charge in [0, 0.05) is 13.1 Å². The van der Waals surface area contributed by atoms with Crippen LogP contribution in [-0.2, 0) is 0 Å². The van der Waals surface area contributed by atoms with Crippen LogP contribution in [0.25, 0.3) is 0 Å². The fraction of sp³-hybridized carbons (Fsp3) is 0.562. The van der Waals surface area contributed by atoms with Gasteiger partial charge in [-0.2, -0.15) is 0 Å². The number of carboxylic acids is 1. The molecule has 1 atom stereocenters. The van der Waals surface area contributed by atoms with E-state index in [-0.39, 0.29) is 5.56 Å². The van der Waals surface area contributed by atoms with E-state index in [1.807, 2.05) is 0 Å². The highest BCUT2D eigenvalue weighted by molar-refractivity contribution is 5.88. The minimum atomic E-state index is -0.970. The Kier molecular flexibility index (Phi) is 5.44. The van der Waals surface area contributed by atoms with E-state index in [4.69, 9.17) is 14.6 Å². The van der Waals surface area contributed by atoms with Crippen LogP contribution in [0.5, 0.6) is 11.5 Å². The smallest absolute Gasteiger partial charge is 0.335 e. The van der Waals surface area contributed by atoms with E-state index in [1.165, 1.54) is 32.1 Å². The molecule has 0 aliphatic carbocycles. The maximum Gasteiger partial charge on any atom is 0.335 e. The van der Waals surface area contributed by atoms with Crippen molar-refractivity contribution in [3.63, 3.8) is 0 Å². The van der Waals surface area contributed by atoms with Crippen molar-refractivity contribution < 1.29 is 19.4 Å². The lowest BCUT2D eigenvalue weighted by Gasteiger charge is -2.30. The number of aromatic carboxylic acids is 1. The minimum absolute atomic E-state index is 0.198. The molecule has 0 spiro atoms. The van der Waals surface area contributed by atoms with Crippen molar-refractivity contribution in [2.75, 3.05) is 33.4 Å². The van der Waals surface area contributed by atoms with Gasteiger partial charge in [-0.3, -0.25) is 4.90 Å². The average Bonchev–Trinajstić information content (AvgIpc) is 2.47. The van der Waals surface area contributed by atoms with E-state index < -0.39 is 5.97 Å². The van der Waals surface area contributed by atoms with Crippen molar-refractivity contribution in [1.82, 2.24) is 4.90 Å². The second kappa shape index (κ2) is 7.31. The molecule has 5 nitrogen and oxygen atoms in total. The molecule has 1 N–H and O–H groups in total. The zero-order valence-electron chi connectivity index (χ0n) is 12.7. The topological polar surface area (TPSA) is 59.0 Å². The zero-order valence-corrected chi connectivity index (χ0v) is 12.7. The summed E-state index contributed by atoms with van der Waals surface area (Å²) in [5.41, 5.74) is 0.198. The lowest BCUT2D eigenvalue weighted by atomic mass is 10.0. The molecule has 0 amide bonds. The molecule has 1 heterocycles. The van der Waals surface area contributed by atoms with Gasteiger partial charge in [0.2, 0.25) is 0 Å². The van der Waals surface area contributed by atoms with E-state index in [2.05, 4.69) is 11.8 Å². The first kappa shape index (κ1) is 15.6. The van der Waals surface area contributed by atoms with Crippen molar-refractivity contribution in [2.24, 2.45) is 5.92 Å². The Morgan fingerprint density at radius 3 is 2.90 bits per heavy atom. The van der Waals surface area contributed by atoms with Crippen molar-refractivity contribution in [2.45, 2.75) is 19.8 Å². The number of benzene rings is 1. The van der Waals surface area contributed by atoms with Crippen molar-refractivity contribution in [3.8, 4) is 11.5 Å². The molecule has 1 aliphatic rings. The van der Waals surface area contributed by atoms with Crippen molar-refractivity contribution in [3.05, 3.63) is 23.8 Å². The summed E-state index contributed by atoms with van der Waals surface area (Å²) in [4.78, 5) is 13.3. The first-order chi connectivity index (χ1) is 10.1. The van der Waals surface area contributed by atoms with Gasteiger partial charge in [-0.05, 0) is 43.5 Å². The minimum Gasteiger partial charge on any atom is -0.493 e. The van der Waals surface area contributed by atoms with E-state index in [0.29, 0.717) is 18.1 Å². The number of methoxy groups -OCH3 is 1. The Balaban J connectivity index is 1.89. The van der Waals surface area contributed by atoms with Gasteiger partial charge in [0.15, 0.2) is 11.5 Å². The molecule has 0 radical (unpaired) electrons. The zero-order chi connectivity index (χ0) is 15.2. The fourth-order valence-corrected chi connectivity index (χ4v) is 2.69. The number of likely N-dealkylation sites (tertiary alicyclic amines) is 1. The fourth-order valence-electron chi connectivity index (χ4n) is 2.69. The predicted molar refractivity (Wildman–Crippen MR) is 80.3 cm³/mol. The van der Waals surface area contributed by atoms with Gasteiger partial charge in [0.05, 0.1) is 12.7 Å². The molecule has 1 aliphatic heterocycles. The lowest BCUT2D eigenvalue weighted by molar-refractivity contribution is 0.0696. The number of carboxylic acid groups (broad SMARTS) is 1. The number of ether oxygens (including phenoxy) is 2. The number of nitrogens with zero attached hydrogens (tertiary/aromatic N) is 1. The van der Waals surface area contributed by atoms with Crippen LogP contribution in [0, 0.1) is 5.92 Å². The molecule has 1 aromatic carbocycles. The third kappa shape index (κ3) is 4.36. The summed E-state index contributed by atoms with van der Waals surface area (Å²) in [7, 11) is 1.51. The summed E-state index contributed by atoms with van der Waals surface area (Å²) >= 11 is 0. The van der Waals surface area contributed by atoms with Gasteiger partial charge >= 0.3 is 5.97 Å². The summed E-state index contributed by atoms with van der Waals surface area (Å²) < 4.78 is 10.9. The molecule has 116 valence electrons. The van der Waals surface area contributed by atoms with Gasteiger partial charge in [0.1, 0.15) is 6.61 Å². The van der Waals surface area contributed by atoms with Gasteiger partial charge < -0.3 is 14.6 Å². The SMILES string of the molecule is COc1cc(C(=O)O)ccc1OCCN1CCCC(C)C1. The lowest BCUT2D eigenvalue weighted by Crippen LogP contribution is -2.37. The third-order valence-electron chi connectivity index (χ3n) is 3.82. The van der Waals surface area contributed by atoms with Crippen LogP contribution in [-0.4, -0.2) is 49.3 Å². The molecule has 2 rings (SSSR count). The van der Waals surface area contributed by atoms with Crippen LogP contribution in [0.3, 0.4) is 0 Å². The molecule has 0 saturated carbocycles. The summed E-state index contributed by atoms with van der Waals surface area (Å²) in [6.45, 7) is 5.99. The quantitative estimate of drug-likeness (QED) is 0.873. The normalized spacial score (nSPS) is 19.2. The monoisotopic (exact) mass is 293 g/mol. The van der Waals surface area contributed by atoms with Crippen LogP contribution in [0.1, 0.15) is 30.1 Å². The van der Waals surface area contributed by atoms with E-state index >= 15 is 0 Å². The van der Waals surface area contributed by atoms with Crippen LogP contribution in [0.4, 0.5) is 0 Å². The number of carbonyl (C=O) groups is 1. The summed E-state index contributed by atoms with van der Waals surface area (Å²) in [5, 5.41) is 8.96. The average molecular weight is 293 g/mol.